The quantitative estimate of drug-likeness (QED) is 0.754. The fourth-order valence-electron chi connectivity index (χ4n) is 2.38. The monoisotopic (exact) mass is 230 g/mol. The second kappa shape index (κ2) is 5.05. The number of rotatable bonds is 5. The van der Waals surface area contributed by atoms with Crippen molar-refractivity contribution in [1.29, 1.82) is 0 Å². The minimum absolute atomic E-state index is 0.730. The molecule has 1 unspecified atom stereocenters. The van der Waals surface area contributed by atoms with Crippen LogP contribution in [-0.4, -0.2) is 5.11 Å². The molecule has 1 aliphatic rings. The van der Waals surface area contributed by atoms with Crippen molar-refractivity contribution in [2.75, 3.05) is 0 Å². The molecule has 2 rings (SSSR count). The second-order valence-electron chi connectivity index (χ2n) is 5.35. The zero-order valence-corrected chi connectivity index (χ0v) is 10.7. The highest BCUT2D eigenvalue weighted by Gasteiger charge is 2.23. The molecule has 0 amide bonds. The predicted molar refractivity (Wildman–Crippen MR) is 72.0 cm³/mol. The van der Waals surface area contributed by atoms with Crippen LogP contribution in [0.2, 0.25) is 0 Å². The third kappa shape index (κ3) is 2.78. The Hall–Kier alpha value is -1.08. The first-order valence-electron chi connectivity index (χ1n) is 6.57. The largest absolute Gasteiger partial charge is 0.385 e. The molecule has 92 valence electrons. The lowest BCUT2D eigenvalue weighted by Gasteiger charge is -2.27. The normalized spacial score (nSPS) is 19.4. The molecule has 0 heterocycles. The van der Waals surface area contributed by atoms with Crippen LogP contribution in [0.5, 0.6) is 0 Å². The molecule has 1 nitrogen and oxygen atoms in total. The molecule has 0 radical (unpaired) electrons. The topological polar surface area (TPSA) is 20.2 Å². The van der Waals surface area contributed by atoms with E-state index in [0.717, 1.165) is 24.3 Å². The molecular formula is C16H22O. The van der Waals surface area contributed by atoms with Crippen molar-refractivity contribution in [2.24, 2.45) is 0 Å². The van der Waals surface area contributed by atoms with Crippen LogP contribution >= 0.6 is 0 Å². The van der Waals surface area contributed by atoms with Gasteiger partial charge in [-0.05, 0) is 49.7 Å². The third-order valence-electron chi connectivity index (χ3n) is 3.94. The van der Waals surface area contributed by atoms with Crippen LogP contribution in [0, 0.1) is 0 Å². The summed E-state index contributed by atoms with van der Waals surface area (Å²) in [6.07, 6.45) is 7.45. The maximum absolute atomic E-state index is 10.4. The van der Waals surface area contributed by atoms with E-state index in [-0.39, 0.29) is 0 Å². The fraction of sp³-hybridized carbons (Fsp3) is 0.500. The molecule has 0 spiro atoms. The van der Waals surface area contributed by atoms with E-state index in [1.54, 1.807) is 0 Å². The zero-order chi connectivity index (χ0) is 12.3. The van der Waals surface area contributed by atoms with Crippen molar-refractivity contribution in [3.63, 3.8) is 0 Å². The van der Waals surface area contributed by atoms with E-state index in [4.69, 9.17) is 0 Å². The van der Waals surface area contributed by atoms with Crippen molar-refractivity contribution >= 4 is 0 Å². The van der Waals surface area contributed by atoms with E-state index in [0.29, 0.717) is 0 Å². The van der Waals surface area contributed by atoms with Gasteiger partial charge < -0.3 is 5.11 Å². The number of aliphatic hydroxyl groups is 1. The van der Waals surface area contributed by atoms with Crippen LogP contribution in [-0.2, 0) is 5.60 Å². The van der Waals surface area contributed by atoms with E-state index in [9.17, 15) is 5.11 Å². The predicted octanol–water partition coefficient (Wildman–Crippen LogP) is 4.13. The van der Waals surface area contributed by atoms with Crippen LogP contribution in [0.1, 0.15) is 56.1 Å². The van der Waals surface area contributed by atoms with Gasteiger partial charge in [-0.25, -0.2) is 0 Å². The zero-order valence-electron chi connectivity index (χ0n) is 10.7. The van der Waals surface area contributed by atoms with Crippen molar-refractivity contribution < 1.29 is 5.11 Å². The SMILES string of the molecule is C=CCCC(C)(O)c1ccc(C2CCC2)cc1. The first-order valence-corrected chi connectivity index (χ1v) is 6.57. The molecule has 0 bridgehead atoms. The van der Waals surface area contributed by atoms with Crippen LogP contribution in [0.15, 0.2) is 36.9 Å². The Balaban J connectivity index is 2.07. The summed E-state index contributed by atoms with van der Waals surface area (Å²) >= 11 is 0. The lowest BCUT2D eigenvalue weighted by atomic mass is 9.79. The summed E-state index contributed by atoms with van der Waals surface area (Å²) in [6.45, 7) is 5.59. The molecular weight excluding hydrogens is 208 g/mol. The molecule has 1 heteroatoms. The van der Waals surface area contributed by atoms with Gasteiger partial charge in [0, 0.05) is 0 Å². The van der Waals surface area contributed by atoms with Gasteiger partial charge in [-0.3, -0.25) is 0 Å². The fourth-order valence-corrected chi connectivity index (χ4v) is 2.38. The van der Waals surface area contributed by atoms with E-state index in [1.807, 2.05) is 13.0 Å². The Morgan fingerprint density at radius 1 is 1.35 bits per heavy atom. The molecule has 0 saturated heterocycles. The molecule has 1 saturated carbocycles. The number of allylic oxidation sites excluding steroid dienone is 1. The molecule has 1 aromatic carbocycles. The highest BCUT2D eigenvalue weighted by Crippen LogP contribution is 2.37. The lowest BCUT2D eigenvalue weighted by molar-refractivity contribution is 0.0488. The van der Waals surface area contributed by atoms with Gasteiger partial charge in [0.05, 0.1) is 5.60 Å². The molecule has 0 aromatic heterocycles. The minimum atomic E-state index is -0.730. The van der Waals surface area contributed by atoms with Crippen LogP contribution in [0.3, 0.4) is 0 Å². The maximum atomic E-state index is 10.4. The Morgan fingerprint density at radius 2 is 2.00 bits per heavy atom. The van der Waals surface area contributed by atoms with E-state index in [2.05, 4.69) is 30.8 Å². The number of benzene rings is 1. The van der Waals surface area contributed by atoms with E-state index >= 15 is 0 Å². The van der Waals surface area contributed by atoms with Crippen LogP contribution in [0.25, 0.3) is 0 Å². The first kappa shape index (κ1) is 12.4. The van der Waals surface area contributed by atoms with E-state index in [1.165, 1.54) is 24.8 Å². The summed E-state index contributed by atoms with van der Waals surface area (Å²) in [6, 6.07) is 8.52. The van der Waals surface area contributed by atoms with Gasteiger partial charge in [0.2, 0.25) is 0 Å². The van der Waals surface area contributed by atoms with Gasteiger partial charge in [0.1, 0.15) is 0 Å². The molecule has 17 heavy (non-hydrogen) atoms. The van der Waals surface area contributed by atoms with Gasteiger partial charge in [-0.15, -0.1) is 6.58 Å². The van der Waals surface area contributed by atoms with Crippen LogP contribution < -0.4 is 0 Å². The van der Waals surface area contributed by atoms with Gasteiger partial charge in [-0.2, -0.15) is 0 Å². The summed E-state index contributed by atoms with van der Waals surface area (Å²) in [4.78, 5) is 0. The molecule has 1 aromatic rings. The average Bonchev–Trinajstić information content (AvgIpc) is 2.25. The summed E-state index contributed by atoms with van der Waals surface area (Å²) < 4.78 is 0. The molecule has 1 N–H and O–H groups in total. The summed E-state index contributed by atoms with van der Waals surface area (Å²) in [7, 11) is 0. The van der Waals surface area contributed by atoms with Gasteiger partial charge in [0.15, 0.2) is 0 Å². The third-order valence-corrected chi connectivity index (χ3v) is 3.94. The number of hydrogen-bond acceptors (Lipinski definition) is 1. The summed E-state index contributed by atoms with van der Waals surface area (Å²) in [5, 5.41) is 10.4. The average molecular weight is 230 g/mol. The molecule has 1 atom stereocenters. The summed E-state index contributed by atoms with van der Waals surface area (Å²) in [5.74, 6) is 0.766. The van der Waals surface area contributed by atoms with E-state index < -0.39 is 5.60 Å². The standard InChI is InChI=1S/C16H22O/c1-3-4-12-16(2,17)15-10-8-14(9-11-15)13-6-5-7-13/h3,8-11,13,17H,1,4-7,12H2,2H3. The highest BCUT2D eigenvalue weighted by atomic mass is 16.3. The molecule has 1 aliphatic carbocycles. The smallest absolute Gasteiger partial charge is 0.0871 e. The minimum Gasteiger partial charge on any atom is -0.385 e. The van der Waals surface area contributed by atoms with Gasteiger partial charge >= 0.3 is 0 Å². The van der Waals surface area contributed by atoms with Crippen molar-refractivity contribution in [3.05, 3.63) is 48.0 Å². The maximum Gasteiger partial charge on any atom is 0.0871 e. The van der Waals surface area contributed by atoms with Crippen molar-refractivity contribution in [3.8, 4) is 0 Å². The Bertz CT molecular complexity index is 371. The number of hydrogen-bond donors (Lipinski definition) is 1. The summed E-state index contributed by atoms with van der Waals surface area (Å²) in [5.41, 5.74) is 1.72. The molecule has 1 fully saturated rings. The Kier molecular flexibility index (Phi) is 3.68. The van der Waals surface area contributed by atoms with Gasteiger partial charge in [0.25, 0.3) is 0 Å². The first-order chi connectivity index (χ1) is 8.13. The lowest BCUT2D eigenvalue weighted by Crippen LogP contribution is -2.20. The van der Waals surface area contributed by atoms with Crippen molar-refractivity contribution in [2.45, 2.75) is 50.5 Å². The second-order valence-corrected chi connectivity index (χ2v) is 5.35. The molecule has 0 aliphatic heterocycles. The van der Waals surface area contributed by atoms with Crippen molar-refractivity contribution in [1.82, 2.24) is 0 Å². The Morgan fingerprint density at radius 3 is 2.47 bits per heavy atom. The van der Waals surface area contributed by atoms with Crippen LogP contribution in [0.4, 0.5) is 0 Å². The Labute approximate surface area is 104 Å². The highest BCUT2D eigenvalue weighted by molar-refractivity contribution is 5.29. The van der Waals surface area contributed by atoms with Gasteiger partial charge in [-0.1, -0.05) is 36.8 Å².